The molecule has 82 valence electrons. The van der Waals surface area contributed by atoms with Crippen molar-refractivity contribution < 1.29 is 4.79 Å². The summed E-state index contributed by atoms with van der Waals surface area (Å²) in [4.78, 5) is 16.9. The van der Waals surface area contributed by atoms with E-state index >= 15 is 0 Å². The van der Waals surface area contributed by atoms with Gasteiger partial charge in [-0.2, -0.15) is 0 Å². The third kappa shape index (κ3) is 2.54. The lowest BCUT2D eigenvalue weighted by molar-refractivity contribution is -0.125. The standard InChI is InChI=1S/C10H15N3OS/c1-7-2-11-5-9(7)10(14)13-4-8-3-12-6-15-8/h3,6-7,9,11H,2,4-5H2,1H3,(H,13,14). The Morgan fingerprint density at radius 3 is 3.20 bits per heavy atom. The number of thiazole rings is 1. The number of carbonyl (C=O) groups is 1. The molecule has 2 rings (SSSR count). The molecule has 15 heavy (non-hydrogen) atoms. The van der Waals surface area contributed by atoms with Crippen LogP contribution in [0.15, 0.2) is 11.7 Å². The zero-order valence-electron chi connectivity index (χ0n) is 8.69. The maximum absolute atomic E-state index is 11.8. The summed E-state index contributed by atoms with van der Waals surface area (Å²) < 4.78 is 0. The summed E-state index contributed by atoms with van der Waals surface area (Å²) in [5.41, 5.74) is 1.78. The van der Waals surface area contributed by atoms with Crippen LogP contribution in [0.4, 0.5) is 0 Å². The fourth-order valence-electron chi connectivity index (χ4n) is 1.80. The molecule has 0 aromatic carbocycles. The Kier molecular flexibility index (Phi) is 3.33. The monoisotopic (exact) mass is 225 g/mol. The normalized spacial score (nSPS) is 25.4. The molecule has 1 fully saturated rings. The molecule has 1 saturated heterocycles. The summed E-state index contributed by atoms with van der Waals surface area (Å²) in [6.07, 6.45) is 1.79. The first-order chi connectivity index (χ1) is 7.27. The topological polar surface area (TPSA) is 54.0 Å². The Morgan fingerprint density at radius 1 is 1.73 bits per heavy atom. The molecule has 0 bridgehead atoms. The summed E-state index contributed by atoms with van der Waals surface area (Å²) in [5.74, 6) is 0.713. The third-order valence-electron chi connectivity index (χ3n) is 2.77. The first-order valence-electron chi connectivity index (χ1n) is 5.13. The van der Waals surface area contributed by atoms with Crippen molar-refractivity contribution >= 4 is 17.2 Å². The van der Waals surface area contributed by atoms with Crippen LogP contribution < -0.4 is 10.6 Å². The van der Waals surface area contributed by atoms with Gasteiger partial charge in [-0.15, -0.1) is 11.3 Å². The maximum atomic E-state index is 11.8. The van der Waals surface area contributed by atoms with Crippen molar-refractivity contribution in [3.05, 3.63) is 16.6 Å². The highest BCUT2D eigenvalue weighted by molar-refractivity contribution is 7.09. The van der Waals surface area contributed by atoms with Crippen LogP contribution in [-0.4, -0.2) is 24.0 Å². The fourth-order valence-corrected chi connectivity index (χ4v) is 2.33. The fraction of sp³-hybridized carbons (Fsp3) is 0.600. The molecule has 2 heterocycles. The molecule has 1 aliphatic rings. The van der Waals surface area contributed by atoms with Crippen molar-refractivity contribution in [2.45, 2.75) is 13.5 Å². The van der Waals surface area contributed by atoms with Gasteiger partial charge in [-0.05, 0) is 12.5 Å². The van der Waals surface area contributed by atoms with E-state index in [1.54, 1.807) is 23.0 Å². The Balaban J connectivity index is 1.82. The van der Waals surface area contributed by atoms with Gasteiger partial charge >= 0.3 is 0 Å². The SMILES string of the molecule is CC1CNCC1C(=O)NCc1cncs1. The van der Waals surface area contributed by atoms with Gasteiger partial charge in [0.15, 0.2) is 0 Å². The highest BCUT2D eigenvalue weighted by atomic mass is 32.1. The average Bonchev–Trinajstić information content (AvgIpc) is 2.84. The lowest BCUT2D eigenvalue weighted by atomic mass is 9.97. The van der Waals surface area contributed by atoms with Crippen LogP contribution in [-0.2, 0) is 11.3 Å². The van der Waals surface area contributed by atoms with Crippen LogP contribution in [0.5, 0.6) is 0 Å². The van der Waals surface area contributed by atoms with E-state index in [-0.39, 0.29) is 11.8 Å². The molecular formula is C10H15N3OS. The van der Waals surface area contributed by atoms with Crippen LogP contribution in [0, 0.1) is 11.8 Å². The Labute approximate surface area is 93.1 Å². The van der Waals surface area contributed by atoms with Gasteiger partial charge in [0.05, 0.1) is 18.0 Å². The minimum atomic E-state index is 0.123. The van der Waals surface area contributed by atoms with E-state index in [0.717, 1.165) is 18.0 Å². The molecule has 0 spiro atoms. The second-order valence-electron chi connectivity index (χ2n) is 3.93. The summed E-state index contributed by atoms with van der Waals surface area (Å²) in [7, 11) is 0. The predicted octanol–water partition coefficient (Wildman–Crippen LogP) is 0.615. The zero-order chi connectivity index (χ0) is 10.7. The summed E-state index contributed by atoms with van der Waals surface area (Å²) >= 11 is 1.57. The minimum Gasteiger partial charge on any atom is -0.351 e. The molecule has 0 saturated carbocycles. The van der Waals surface area contributed by atoms with Crippen LogP contribution in [0.1, 0.15) is 11.8 Å². The molecule has 1 aliphatic heterocycles. The highest BCUT2D eigenvalue weighted by Gasteiger charge is 2.29. The molecule has 0 aliphatic carbocycles. The third-order valence-corrected chi connectivity index (χ3v) is 3.55. The number of amides is 1. The molecule has 2 unspecified atom stereocenters. The van der Waals surface area contributed by atoms with E-state index in [4.69, 9.17) is 0 Å². The smallest absolute Gasteiger partial charge is 0.225 e. The second-order valence-corrected chi connectivity index (χ2v) is 4.90. The quantitative estimate of drug-likeness (QED) is 0.792. The van der Waals surface area contributed by atoms with E-state index in [9.17, 15) is 4.79 Å². The van der Waals surface area contributed by atoms with Crippen LogP contribution in [0.25, 0.3) is 0 Å². The Morgan fingerprint density at radius 2 is 2.60 bits per heavy atom. The van der Waals surface area contributed by atoms with Crippen LogP contribution >= 0.6 is 11.3 Å². The first kappa shape index (κ1) is 10.6. The van der Waals surface area contributed by atoms with Crippen molar-refractivity contribution in [3.63, 3.8) is 0 Å². The maximum Gasteiger partial charge on any atom is 0.225 e. The number of nitrogens with one attached hydrogen (secondary N) is 2. The van der Waals surface area contributed by atoms with E-state index < -0.39 is 0 Å². The number of carbonyl (C=O) groups excluding carboxylic acids is 1. The Hall–Kier alpha value is -0.940. The van der Waals surface area contributed by atoms with Crippen molar-refractivity contribution in [1.29, 1.82) is 0 Å². The largest absolute Gasteiger partial charge is 0.351 e. The van der Waals surface area contributed by atoms with Crippen molar-refractivity contribution in [1.82, 2.24) is 15.6 Å². The van der Waals surface area contributed by atoms with Gasteiger partial charge in [0.2, 0.25) is 5.91 Å². The molecule has 2 N–H and O–H groups in total. The molecule has 2 atom stereocenters. The number of aromatic nitrogens is 1. The van der Waals surface area contributed by atoms with Gasteiger partial charge in [0, 0.05) is 17.6 Å². The first-order valence-corrected chi connectivity index (χ1v) is 6.01. The number of hydrogen-bond donors (Lipinski definition) is 2. The van der Waals surface area contributed by atoms with E-state index in [2.05, 4.69) is 22.5 Å². The second kappa shape index (κ2) is 4.72. The van der Waals surface area contributed by atoms with Gasteiger partial charge in [-0.1, -0.05) is 6.92 Å². The van der Waals surface area contributed by atoms with Gasteiger partial charge in [0.25, 0.3) is 0 Å². The van der Waals surface area contributed by atoms with E-state index in [0.29, 0.717) is 12.5 Å². The van der Waals surface area contributed by atoms with E-state index in [1.165, 1.54) is 0 Å². The van der Waals surface area contributed by atoms with Crippen LogP contribution in [0.2, 0.25) is 0 Å². The predicted molar refractivity (Wildman–Crippen MR) is 59.5 cm³/mol. The molecule has 1 aromatic heterocycles. The summed E-state index contributed by atoms with van der Waals surface area (Å²) in [6.45, 7) is 4.46. The lowest BCUT2D eigenvalue weighted by Crippen LogP contribution is -2.33. The van der Waals surface area contributed by atoms with E-state index in [1.807, 2.05) is 0 Å². The zero-order valence-corrected chi connectivity index (χ0v) is 9.51. The van der Waals surface area contributed by atoms with Gasteiger partial charge in [0.1, 0.15) is 0 Å². The molecule has 5 heteroatoms. The number of hydrogen-bond acceptors (Lipinski definition) is 4. The highest BCUT2D eigenvalue weighted by Crippen LogP contribution is 2.16. The van der Waals surface area contributed by atoms with Gasteiger partial charge < -0.3 is 10.6 Å². The summed E-state index contributed by atoms with van der Waals surface area (Å²) in [6, 6.07) is 0. The molecule has 1 amide bonds. The average molecular weight is 225 g/mol. The van der Waals surface area contributed by atoms with Gasteiger partial charge in [-0.25, -0.2) is 0 Å². The molecular weight excluding hydrogens is 210 g/mol. The number of rotatable bonds is 3. The molecule has 4 nitrogen and oxygen atoms in total. The van der Waals surface area contributed by atoms with Crippen molar-refractivity contribution in [3.8, 4) is 0 Å². The number of nitrogens with zero attached hydrogens (tertiary/aromatic N) is 1. The van der Waals surface area contributed by atoms with Crippen molar-refractivity contribution in [2.75, 3.05) is 13.1 Å². The molecule has 1 aromatic rings. The lowest BCUT2D eigenvalue weighted by Gasteiger charge is -2.13. The molecule has 0 radical (unpaired) electrons. The minimum absolute atomic E-state index is 0.123. The van der Waals surface area contributed by atoms with Crippen LogP contribution in [0.3, 0.4) is 0 Å². The van der Waals surface area contributed by atoms with Gasteiger partial charge in [-0.3, -0.25) is 9.78 Å². The Bertz CT molecular complexity index is 325. The summed E-state index contributed by atoms with van der Waals surface area (Å²) in [5, 5.41) is 6.17. The van der Waals surface area contributed by atoms with Crippen molar-refractivity contribution in [2.24, 2.45) is 11.8 Å².